The molecule has 0 saturated carbocycles. The highest BCUT2D eigenvalue weighted by Gasteiger charge is 2.17. The van der Waals surface area contributed by atoms with E-state index in [0.717, 1.165) is 11.3 Å². The fourth-order valence-corrected chi connectivity index (χ4v) is 3.80. The number of nitrogens with zero attached hydrogens (tertiary/aromatic N) is 3. The number of hydrogen-bond donors (Lipinski definition) is 1. The third-order valence-corrected chi connectivity index (χ3v) is 5.37. The fraction of sp³-hybridized carbons (Fsp3) is 0.273. The number of aromatic hydroxyl groups is 1. The summed E-state index contributed by atoms with van der Waals surface area (Å²) in [5, 5.41) is 16.8. The maximum absolute atomic E-state index is 10.3. The number of aromatic nitrogens is 1. The van der Waals surface area contributed by atoms with Crippen LogP contribution >= 0.6 is 11.3 Å². The Morgan fingerprint density at radius 1 is 1.06 bits per heavy atom. The number of phenolic OH excluding ortho intramolecular Hbond substituents is 1. The minimum absolute atomic E-state index is 0.0786. The van der Waals surface area contributed by atoms with E-state index in [2.05, 4.69) is 10.1 Å². The molecule has 0 aliphatic heterocycles. The Morgan fingerprint density at radius 3 is 2.32 bits per heavy atom. The van der Waals surface area contributed by atoms with Crippen LogP contribution in [0.3, 0.4) is 0 Å². The van der Waals surface area contributed by atoms with Crippen LogP contribution in [-0.2, 0) is 0 Å². The third kappa shape index (κ3) is 4.66. The van der Waals surface area contributed by atoms with Crippen molar-refractivity contribution in [3.63, 3.8) is 0 Å². The Kier molecular flexibility index (Phi) is 7.19. The first kappa shape index (κ1) is 22.2. The van der Waals surface area contributed by atoms with Gasteiger partial charge in [0.15, 0.2) is 11.5 Å². The van der Waals surface area contributed by atoms with Gasteiger partial charge in [0.05, 0.1) is 39.8 Å². The molecule has 0 aliphatic carbocycles. The van der Waals surface area contributed by atoms with Crippen LogP contribution in [0.15, 0.2) is 45.8 Å². The van der Waals surface area contributed by atoms with Gasteiger partial charge >= 0.3 is 0 Å². The van der Waals surface area contributed by atoms with E-state index in [1.807, 2.05) is 24.4 Å². The number of hydrogen-bond acceptors (Lipinski definition) is 8. The third-order valence-electron chi connectivity index (χ3n) is 4.46. The van der Waals surface area contributed by atoms with Crippen LogP contribution in [-0.4, -0.2) is 51.0 Å². The summed E-state index contributed by atoms with van der Waals surface area (Å²) in [7, 11) is 6.41. The first-order valence-corrected chi connectivity index (χ1v) is 10.4. The highest BCUT2D eigenvalue weighted by molar-refractivity contribution is 7.07. The Morgan fingerprint density at radius 2 is 1.77 bits per heavy atom. The average molecular weight is 444 g/mol. The van der Waals surface area contributed by atoms with Crippen molar-refractivity contribution in [3.8, 4) is 40.0 Å². The van der Waals surface area contributed by atoms with E-state index < -0.39 is 0 Å². The Balaban J connectivity index is 2.07. The van der Waals surface area contributed by atoms with Crippen molar-refractivity contribution in [2.75, 3.05) is 35.0 Å². The first-order chi connectivity index (χ1) is 15.1. The highest BCUT2D eigenvalue weighted by Crippen LogP contribution is 2.41. The Bertz CT molecular complexity index is 1130. The molecule has 0 amide bonds. The van der Waals surface area contributed by atoms with Crippen LogP contribution < -0.4 is 23.7 Å². The van der Waals surface area contributed by atoms with Gasteiger partial charge in [-0.3, -0.25) is 4.99 Å². The van der Waals surface area contributed by atoms with Gasteiger partial charge in [0, 0.05) is 29.6 Å². The number of methoxy groups -OCH3 is 3. The molecule has 0 atom stereocenters. The molecule has 3 aromatic rings. The molecule has 1 heterocycles. The summed E-state index contributed by atoms with van der Waals surface area (Å²) in [5.41, 5.74) is 2.15. The zero-order valence-electron chi connectivity index (χ0n) is 18.1. The van der Waals surface area contributed by atoms with Crippen LogP contribution in [0.2, 0.25) is 0 Å². The quantitative estimate of drug-likeness (QED) is 0.536. The lowest BCUT2D eigenvalue weighted by atomic mass is 10.1. The zero-order chi connectivity index (χ0) is 22.4. The number of benzene rings is 2. The second kappa shape index (κ2) is 10.0. The second-order valence-electron chi connectivity index (χ2n) is 6.25. The van der Waals surface area contributed by atoms with Crippen molar-refractivity contribution in [1.29, 1.82) is 0 Å². The van der Waals surface area contributed by atoms with E-state index in [1.54, 1.807) is 57.5 Å². The highest BCUT2D eigenvalue weighted by atomic mass is 32.1. The average Bonchev–Trinajstić information content (AvgIpc) is 3.20. The van der Waals surface area contributed by atoms with Gasteiger partial charge in [-0.05, 0) is 31.2 Å². The van der Waals surface area contributed by atoms with Gasteiger partial charge in [0.25, 0.3) is 0 Å². The molecule has 8 nitrogen and oxygen atoms in total. The van der Waals surface area contributed by atoms with E-state index in [0.29, 0.717) is 40.0 Å². The van der Waals surface area contributed by atoms with Gasteiger partial charge in [0.1, 0.15) is 11.5 Å². The summed E-state index contributed by atoms with van der Waals surface area (Å²) in [6.45, 7) is 2.41. The summed E-state index contributed by atoms with van der Waals surface area (Å²) >= 11 is 1.44. The molecule has 0 aliphatic rings. The molecule has 1 N–H and O–H groups in total. The predicted octanol–water partition coefficient (Wildman–Crippen LogP) is 3.76. The molecule has 2 aromatic carbocycles. The van der Waals surface area contributed by atoms with Crippen molar-refractivity contribution < 1.29 is 24.1 Å². The molecule has 31 heavy (non-hydrogen) atoms. The number of ether oxygens (including phenoxy) is 4. The first-order valence-electron chi connectivity index (χ1n) is 9.50. The number of thiazole rings is 1. The van der Waals surface area contributed by atoms with E-state index in [1.165, 1.54) is 11.3 Å². The summed E-state index contributed by atoms with van der Waals surface area (Å²) in [4.78, 5) is 4.99. The molecule has 1 aromatic heterocycles. The van der Waals surface area contributed by atoms with Gasteiger partial charge in [-0.15, -0.1) is 11.3 Å². The van der Waals surface area contributed by atoms with E-state index >= 15 is 0 Å². The fourth-order valence-electron chi connectivity index (χ4n) is 3.00. The van der Waals surface area contributed by atoms with Crippen molar-refractivity contribution in [3.05, 3.63) is 46.1 Å². The number of rotatable bonds is 8. The lowest BCUT2D eigenvalue weighted by Gasteiger charge is -2.14. The molecule has 9 heteroatoms. The molecule has 164 valence electrons. The Labute approximate surface area is 184 Å². The SMILES string of the molecule is CCOc1ccc(C=Nn2c(-c3cc(OC)c(OC)c(OC)c3)csc2=NC)c(O)c1. The molecule has 0 unspecified atom stereocenters. The number of phenols is 1. The topological polar surface area (TPSA) is 86.8 Å². The maximum atomic E-state index is 10.3. The van der Waals surface area contributed by atoms with Crippen molar-refractivity contribution in [1.82, 2.24) is 4.68 Å². The molecule has 0 radical (unpaired) electrons. The van der Waals surface area contributed by atoms with Gasteiger partial charge < -0.3 is 24.1 Å². The Hall–Kier alpha value is -3.46. The van der Waals surface area contributed by atoms with Crippen LogP contribution in [0.1, 0.15) is 12.5 Å². The van der Waals surface area contributed by atoms with Crippen molar-refractivity contribution in [2.45, 2.75) is 6.92 Å². The van der Waals surface area contributed by atoms with Crippen molar-refractivity contribution in [2.24, 2.45) is 10.1 Å². The van der Waals surface area contributed by atoms with Crippen molar-refractivity contribution >= 4 is 17.6 Å². The minimum atomic E-state index is 0.0786. The second-order valence-corrected chi connectivity index (χ2v) is 7.09. The standard InChI is InChI=1S/C22H25N3O5S/c1-6-30-16-8-7-14(18(26)11-16)12-24-25-17(13-31-22(25)23-2)15-9-19(27-3)21(29-5)20(10-15)28-4/h7-13,26H,6H2,1-5H3. The van der Waals surface area contributed by atoms with E-state index in [4.69, 9.17) is 18.9 Å². The van der Waals surface area contributed by atoms with Crippen LogP contribution in [0, 0.1) is 0 Å². The predicted molar refractivity (Wildman–Crippen MR) is 121 cm³/mol. The van der Waals surface area contributed by atoms with Gasteiger partial charge in [-0.25, -0.2) is 4.68 Å². The van der Waals surface area contributed by atoms with Crippen LogP contribution in [0.25, 0.3) is 11.3 Å². The van der Waals surface area contributed by atoms with Gasteiger partial charge in [-0.2, -0.15) is 5.10 Å². The van der Waals surface area contributed by atoms with Crippen LogP contribution in [0.4, 0.5) is 0 Å². The molecular formula is C22H25N3O5S. The largest absolute Gasteiger partial charge is 0.507 e. The molecule has 3 rings (SSSR count). The van der Waals surface area contributed by atoms with E-state index in [9.17, 15) is 5.11 Å². The summed E-state index contributed by atoms with van der Waals surface area (Å²) in [6, 6.07) is 8.80. The maximum Gasteiger partial charge on any atom is 0.205 e. The lowest BCUT2D eigenvalue weighted by molar-refractivity contribution is 0.324. The molecular weight excluding hydrogens is 418 g/mol. The molecule has 0 spiro atoms. The monoisotopic (exact) mass is 443 g/mol. The van der Waals surface area contributed by atoms with Gasteiger partial charge in [0.2, 0.25) is 10.6 Å². The molecule has 0 saturated heterocycles. The minimum Gasteiger partial charge on any atom is -0.507 e. The normalized spacial score (nSPS) is 11.7. The summed E-state index contributed by atoms with van der Waals surface area (Å²) in [6.07, 6.45) is 1.58. The molecule has 0 fully saturated rings. The van der Waals surface area contributed by atoms with Crippen LogP contribution in [0.5, 0.6) is 28.7 Å². The lowest BCUT2D eigenvalue weighted by Crippen LogP contribution is -2.11. The summed E-state index contributed by atoms with van der Waals surface area (Å²) in [5.74, 6) is 2.27. The van der Waals surface area contributed by atoms with E-state index in [-0.39, 0.29) is 5.75 Å². The summed E-state index contributed by atoms with van der Waals surface area (Å²) < 4.78 is 23.5. The molecule has 0 bridgehead atoms. The zero-order valence-corrected chi connectivity index (χ0v) is 18.9. The van der Waals surface area contributed by atoms with Gasteiger partial charge in [-0.1, -0.05) is 0 Å². The smallest absolute Gasteiger partial charge is 0.205 e.